The third-order valence-corrected chi connectivity index (χ3v) is 1.21. The maximum Gasteiger partial charge on any atom is 0.394 e. The highest BCUT2D eigenvalue weighted by molar-refractivity contribution is 4.66. The van der Waals surface area contributed by atoms with Gasteiger partial charge in [0.15, 0.2) is 0 Å². The quantitative estimate of drug-likeness (QED) is 0.496. The molecule has 0 fully saturated rings. The smallest absolute Gasteiger partial charge is 0.247 e. The first-order valence-electron chi connectivity index (χ1n) is 2.56. The standard InChI is InChI=1S/C5H8F4/c1-3(4(2)6)5(7,8)9/h3-4H,1-2H3/t3-,4+/m0/s1. The Bertz CT molecular complexity index is 83.4. The van der Waals surface area contributed by atoms with Gasteiger partial charge >= 0.3 is 6.18 Å². The van der Waals surface area contributed by atoms with Crippen LogP contribution in [-0.2, 0) is 0 Å². The molecule has 0 N–H and O–H groups in total. The summed E-state index contributed by atoms with van der Waals surface area (Å²) in [7, 11) is 0. The molecule has 0 rings (SSSR count). The molecule has 0 amide bonds. The molecule has 4 heteroatoms. The van der Waals surface area contributed by atoms with E-state index in [9.17, 15) is 17.6 Å². The second kappa shape index (κ2) is 2.54. The molecule has 9 heavy (non-hydrogen) atoms. The zero-order valence-electron chi connectivity index (χ0n) is 5.17. The molecule has 0 bridgehead atoms. The summed E-state index contributed by atoms with van der Waals surface area (Å²) in [5, 5.41) is 0. The van der Waals surface area contributed by atoms with Crippen LogP contribution in [0.4, 0.5) is 17.6 Å². The summed E-state index contributed by atoms with van der Waals surface area (Å²) in [6.45, 7) is 1.73. The highest BCUT2D eigenvalue weighted by Gasteiger charge is 2.39. The van der Waals surface area contributed by atoms with Crippen LogP contribution in [0.5, 0.6) is 0 Å². The number of alkyl halides is 4. The van der Waals surface area contributed by atoms with Gasteiger partial charge in [0, 0.05) is 0 Å². The summed E-state index contributed by atoms with van der Waals surface area (Å²) in [6, 6.07) is 0. The fourth-order valence-electron chi connectivity index (χ4n) is 0.260. The summed E-state index contributed by atoms with van der Waals surface area (Å²) >= 11 is 0. The highest BCUT2D eigenvalue weighted by Crippen LogP contribution is 2.29. The van der Waals surface area contributed by atoms with Gasteiger partial charge in [-0.25, -0.2) is 4.39 Å². The van der Waals surface area contributed by atoms with E-state index >= 15 is 0 Å². The molecular weight excluding hydrogens is 136 g/mol. The lowest BCUT2D eigenvalue weighted by atomic mass is 10.1. The lowest BCUT2D eigenvalue weighted by Crippen LogP contribution is -2.26. The van der Waals surface area contributed by atoms with Crippen molar-refractivity contribution in [3.63, 3.8) is 0 Å². The molecule has 0 spiro atoms. The van der Waals surface area contributed by atoms with E-state index in [1.54, 1.807) is 0 Å². The van der Waals surface area contributed by atoms with Gasteiger partial charge in [0.1, 0.15) is 6.17 Å². The minimum absolute atomic E-state index is 0.824. The van der Waals surface area contributed by atoms with E-state index in [1.165, 1.54) is 0 Å². The summed E-state index contributed by atoms with van der Waals surface area (Å²) in [4.78, 5) is 0. The number of hydrogen-bond acceptors (Lipinski definition) is 0. The third kappa shape index (κ3) is 2.67. The summed E-state index contributed by atoms with van der Waals surface area (Å²) < 4.78 is 46.3. The van der Waals surface area contributed by atoms with Gasteiger partial charge in [0.05, 0.1) is 5.92 Å². The van der Waals surface area contributed by atoms with E-state index in [-0.39, 0.29) is 0 Å². The summed E-state index contributed by atoms with van der Waals surface area (Å²) in [6.07, 6.45) is -6.21. The highest BCUT2D eigenvalue weighted by atomic mass is 19.4. The van der Waals surface area contributed by atoms with Crippen LogP contribution in [0.3, 0.4) is 0 Å². The Morgan fingerprint density at radius 3 is 1.44 bits per heavy atom. The number of hydrogen-bond donors (Lipinski definition) is 0. The third-order valence-electron chi connectivity index (χ3n) is 1.21. The fourth-order valence-corrected chi connectivity index (χ4v) is 0.260. The Morgan fingerprint density at radius 1 is 1.11 bits per heavy atom. The Kier molecular flexibility index (Phi) is 2.46. The molecule has 0 saturated carbocycles. The fraction of sp³-hybridized carbons (Fsp3) is 1.00. The van der Waals surface area contributed by atoms with Gasteiger partial charge in [0.25, 0.3) is 0 Å². The molecule has 0 radical (unpaired) electrons. The van der Waals surface area contributed by atoms with Gasteiger partial charge in [0.2, 0.25) is 0 Å². The summed E-state index contributed by atoms with van der Waals surface area (Å²) in [5.74, 6) is -1.85. The minimum Gasteiger partial charge on any atom is -0.247 e. The lowest BCUT2D eigenvalue weighted by Gasteiger charge is -2.15. The molecule has 0 nitrogen and oxygen atoms in total. The molecule has 0 saturated heterocycles. The van der Waals surface area contributed by atoms with Crippen molar-refractivity contribution in [2.24, 2.45) is 5.92 Å². The predicted octanol–water partition coefficient (Wildman–Crippen LogP) is 2.54. The second-order valence-electron chi connectivity index (χ2n) is 2.01. The Morgan fingerprint density at radius 2 is 1.44 bits per heavy atom. The molecule has 0 aliphatic carbocycles. The molecule has 2 atom stereocenters. The zero-order valence-corrected chi connectivity index (χ0v) is 5.17. The average Bonchev–Trinajstić information content (AvgIpc) is 1.62. The predicted molar refractivity (Wildman–Crippen MR) is 25.8 cm³/mol. The Balaban J connectivity index is 3.88. The average molecular weight is 144 g/mol. The maximum atomic E-state index is 11.9. The molecular formula is C5H8F4. The van der Waals surface area contributed by atoms with Crippen LogP contribution in [0.15, 0.2) is 0 Å². The van der Waals surface area contributed by atoms with Crippen LogP contribution in [0.25, 0.3) is 0 Å². The largest absolute Gasteiger partial charge is 0.394 e. The second-order valence-corrected chi connectivity index (χ2v) is 2.01. The van der Waals surface area contributed by atoms with Crippen molar-refractivity contribution in [2.75, 3.05) is 0 Å². The monoisotopic (exact) mass is 144 g/mol. The lowest BCUT2D eigenvalue weighted by molar-refractivity contribution is -0.183. The van der Waals surface area contributed by atoms with E-state index < -0.39 is 18.3 Å². The van der Waals surface area contributed by atoms with Crippen molar-refractivity contribution < 1.29 is 17.6 Å². The van der Waals surface area contributed by atoms with Crippen molar-refractivity contribution in [1.82, 2.24) is 0 Å². The molecule has 56 valence electrons. The molecule has 0 aromatic carbocycles. The topological polar surface area (TPSA) is 0 Å². The molecule has 0 heterocycles. The van der Waals surface area contributed by atoms with Crippen molar-refractivity contribution in [3.8, 4) is 0 Å². The number of rotatable bonds is 1. The first-order valence-corrected chi connectivity index (χ1v) is 2.56. The van der Waals surface area contributed by atoms with Crippen LogP contribution in [-0.4, -0.2) is 12.3 Å². The molecule has 0 aliphatic rings. The van der Waals surface area contributed by atoms with Crippen molar-refractivity contribution in [1.29, 1.82) is 0 Å². The number of halogens is 4. The van der Waals surface area contributed by atoms with E-state index in [0.29, 0.717) is 0 Å². The molecule has 0 aromatic rings. The first kappa shape index (κ1) is 8.72. The van der Waals surface area contributed by atoms with Crippen LogP contribution in [0.2, 0.25) is 0 Å². The summed E-state index contributed by atoms with van der Waals surface area (Å²) in [5.41, 5.74) is 0. The minimum atomic E-state index is -4.39. The van der Waals surface area contributed by atoms with Gasteiger partial charge in [-0.05, 0) is 6.92 Å². The van der Waals surface area contributed by atoms with Crippen LogP contribution in [0.1, 0.15) is 13.8 Å². The van der Waals surface area contributed by atoms with E-state index in [1.807, 2.05) is 0 Å². The van der Waals surface area contributed by atoms with Crippen LogP contribution < -0.4 is 0 Å². The Labute approximate surface area is 50.9 Å². The van der Waals surface area contributed by atoms with Gasteiger partial charge in [-0.1, -0.05) is 6.92 Å². The Hall–Kier alpha value is -0.280. The van der Waals surface area contributed by atoms with Gasteiger partial charge in [-0.15, -0.1) is 0 Å². The van der Waals surface area contributed by atoms with Crippen LogP contribution >= 0.6 is 0 Å². The molecule has 0 unspecified atom stereocenters. The van der Waals surface area contributed by atoms with Crippen molar-refractivity contribution >= 4 is 0 Å². The SMILES string of the molecule is C[C@@H](F)[C@H](C)C(F)(F)F. The van der Waals surface area contributed by atoms with E-state index in [4.69, 9.17) is 0 Å². The van der Waals surface area contributed by atoms with Crippen molar-refractivity contribution in [3.05, 3.63) is 0 Å². The normalized spacial score (nSPS) is 19.3. The first-order chi connectivity index (χ1) is 3.85. The maximum absolute atomic E-state index is 11.9. The zero-order chi connectivity index (χ0) is 7.65. The van der Waals surface area contributed by atoms with Gasteiger partial charge in [-0.2, -0.15) is 13.2 Å². The molecule has 0 aromatic heterocycles. The van der Waals surface area contributed by atoms with Gasteiger partial charge in [-0.3, -0.25) is 0 Å². The molecule has 0 aliphatic heterocycles. The van der Waals surface area contributed by atoms with E-state index in [2.05, 4.69) is 0 Å². The van der Waals surface area contributed by atoms with Crippen molar-refractivity contribution in [2.45, 2.75) is 26.2 Å². The van der Waals surface area contributed by atoms with Gasteiger partial charge < -0.3 is 0 Å². The van der Waals surface area contributed by atoms with Crippen LogP contribution in [0, 0.1) is 5.92 Å². The van der Waals surface area contributed by atoms with E-state index in [0.717, 1.165) is 13.8 Å².